The quantitative estimate of drug-likeness (QED) is 0.774. The lowest BCUT2D eigenvalue weighted by molar-refractivity contribution is -0.132. The number of hydrogen-bond acceptors (Lipinski definition) is 5. The van der Waals surface area contributed by atoms with Gasteiger partial charge in [-0.1, -0.05) is 0 Å². The molecule has 1 fully saturated rings. The molecule has 8 nitrogen and oxygen atoms in total. The molecule has 0 bridgehead atoms. The van der Waals surface area contributed by atoms with Crippen LogP contribution in [0, 0.1) is 5.82 Å². The minimum Gasteiger partial charge on any atom is -0.448 e. The first kappa shape index (κ1) is 15.6. The average Bonchev–Trinajstić information content (AvgIpc) is 3.00. The van der Waals surface area contributed by atoms with Crippen molar-refractivity contribution in [2.24, 2.45) is 0 Å². The molecule has 0 saturated carbocycles. The molecule has 0 atom stereocenters. The summed E-state index contributed by atoms with van der Waals surface area (Å²) in [6, 6.07) is 2.70. The van der Waals surface area contributed by atoms with E-state index in [0.717, 1.165) is 10.6 Å². The molecule has 2 amide bonds. The summed E-state index contributed by atoms with van der Waals surface area (Å²) in [6.45, 7) is 1.09. The highest BCUT2D eigenvalue weighted by atomic mass is 19.1. The summed E-state index contributed by atoms with van der Waals surface area (Å²) < 4.78 is 19.4. The first-order valence-electron chi connectivity index (χ1n) is 7.92. The summed E-state index contributed by atoms with van der Waals surface area (Å²) in [5.41, 5.74) is 1.01. The number of fused-ring (bicyclic) bond motifs is 2. The number of ether oxygens (including phenoxy) is 1. The van der Waals surface area contributed by atoms with E-state index in [4.69, 9.17) is 4.74 Å². The van der Waals surface area contributed by atoms with Crippen LogP contribution < -0.4 is 5.56 Å². The summed E-state index contributed by atoms with van der Waals surface area (Å²) in [7, 11) is 0. The topological polar surface area (TPSA) is 84.2 Å². The van der Waals surface area contributed by atoms with Crippen molar-refractivity contribution < 1.29 is 18.7 Å². The molecule has 2 aliphatic heterocycles. The van der Waals surface area contributed by atoms with E-state index in [-0.39, 0.29) is 31.2 Å². The van der Waals surface area contributed by atoms with Gasteiger partial charge in [0.2, 0.25) is 5.91 Å². The third-order valence-corrected chi connectivity index (χ3v) is 4.46. The zero-order valence-electron chi connectivity index (χ0n) is 13.3. The van der Waals surface area contributed by atoms with Crippen molar-refractivity contribution in [2.75, 3.05) is 26.2 Å². The fraction of sp³-hybridized carbons (Fsp3) is 0.375. The van der Waals surface area contributed by atoms with Crippen LogP contribution in [0.3, 0.4) is 0 Å². The van der Waals surface area contributed by atoms with Gasteiger partial charge in [-0.05, 0) is 12.1 Å². The van der Waals surface area contributed by atoms with Crippen LogP contribution in [0.5, 0.6) is 0 Å². The van der Waals surface area contributed by atoms with E-state index in [9.17, 15) is 18.8 Å². The molecule has 0 aromatic carbocycles. The first-order valence-corrected chi connectivity index (χ1v) is 7.92. The molecule has 25 heavy (non-hydrogen) atoms. The van der Waals surface area contributed by atoms with Crippen molar-refractivity contribution in [3.63, 3.8) is 0 Å². The van der Waals surface area contributed by atoms with Crippen molar-refractivity contribution in [2.45, 2.75) is 13.0 Å². The molecule has 2 aromatic rings. The fourth-order valence-electron chi connectivity index (χ4n) is 3.12. The van der Waals surface area contributed by atoms with E-state index in [1.807, 2.05) is 0 Å². The van der Waals surface area contributed by atoms with Crippen LogP contribution in [0.25, 0.3) is 5.65 Å². The molecule has 0 spiro atoms. The number of pyridine rings is 1. The second-order valence-electron chi connectivity index (χ2n) is 6.02. The van der Waals surface area contributed by atoms with Gasteiger partial charge in [0.25, 0.3) is 5.56 Å². The van der Waals surface area contributed by atoms with E-state index in [1.54, 1.807) is 0 Å². The summed E-state index contributed by atoms with van der Waals surface area (Å²) in [4.78, 5) is 43.8. The molecule has 2 aliphatic rings. The standard InChI is InChI=1S/C16H15FN4O4/c17-10-1-2-13-18-12-3-4-19(8-11(12)15(23)21(13)7-10)14(22)9-20-5-6-25-16(20)24/h1-2,7H,3-6,8-9H2. The number of aromatic nitrogens is 2. The minimum atomic E-state index is -0.535. The molecule has 0 aliphatic carbocycles. The Bertz CT molecular complexity index is 942. The van der Waals surface area contributed by atoms with E-state index in [1.165, 1.54) is 21.9 Å². The van der Waals surface area contributed by atoms with Crippen molar-refractivity contribution in [3.8, 4) is 0 Å². The third-order valence-electron chi connectivity index (χ3n) is 4.46. The molecule has 130 valence electrons. The molecule has 4 heterocycles. The van der Waals surface area contributed by atoms with Gasteiger partial charge in [0, 0.05) is 19.2 Å². The van der Waals surface area contributed by atoms with Gasteiger partial charge in [0.05, 0.1) is 24.3 Å². The zero-order valence-corrected chi connectivity index (χ0v) is 13.3. The summed E-state index contributed by atoms with van der Waals surface area (Å²) in [5, 5.41) is 0. The molecular formula is C16H15FN4O4. The number of carbonyl (C=O) groups excluding carboxylic acids is 2. The Kier molecular flexibility index (Phi) is 3.63. The number of amides is 2. The van der Waals surface area contributed by atoms with Crippen molar-refractivity contribution in [3.05, 3.63) is 45.8 Å². The number of halogens is 1. The van der Waals surface area contributed by atoms with Crippen molar-refractivity contribution in [1.29, 1.82) is 0 Å². The summed E-state index contributed by atoms with van der Waals surface area (Å²) in [6.07, 6.45) is 1.02. The van der Waals surface area contributed by atoms with Crippen molar-refractivity contribution >= 4 is 17.6 Å². The Morgan fingerprint density at radius 2 is 2.12 bits per heavy atom. The SMILES string of the molecule is O=C(CN1CCOC1=O)N1CCc2nc3ccc(F)cn3c(=O)c2C1. The molecule has 2 aromatic heterocycles. The van der Waals surface area contributed by atoms with E-state index in [0.29, 0.717) is 36.4 Å². The normalized spacial score (nSPS) is 16.9. The summed E-state index contributed by atoms with van der Waals surface area (Å²) in [5.74, 6) is -0.791. The Hall–Kier alpha value is -2.97. The fourth-order valence-corrected chi connectivity index (χ4v) is 3.12. The highest BCUT2D eigenvalue weighted by molar-refractivity contribution is 5.83. The van der Waals surface area contributed by atoms with Crippen LogP contribution >= 0.6 is 0 Å². The molecule has 4 rings (SSSR count). The lowest BCUT2D eigenvalue weighted by Crippen LogP contribution is -2.45. The van der Waals surface area contributed by atoms with Crippen LogP contribution in [0.1, 0.15) is 11.3 Å². The van der Waals surface area contributed by atoms with Gasteiger partial charge < -0.3 is 9.64 Å². The maximum atomic E-state index is 13.4. The Morgan fingerprint density at radius 1 is 1.28 bits per heavy atom. The number of nitrogens with zero attached hydrogens (tertiary/aromatic N) is 4. The van der Waals surface area contributed by atoms with Gasteiger partial charge in [-0.2, -0.15) is 0 Å². The van der Waals surface area contributed by atoms with Gasteiger partial charge in [-0.3, -0.25) is 18.9 Å². The monoisotopic (exact) mass is 346 g/mol. The van der Waals surface area contributed by atoms with Crippen molar-refractivity contribution in [1.82, 2.24) is 19.2 Å². The average molecular weight is 346 g/mol. The maximum absolute atomic E-state index is 13.4. The minimum absolute atomic E-state index is 0.0782. The van der Waals surface area contributed by atoms with Crippen LogP contribution in [0.4, 0.5) is 9.18 Å². The van der Waals surface area contributed by atoms with Crippen LogP contribution in [0.15, 0.2) is 23.1 Å². The summed E-state index contributed by atoms with van der Waals surface area (Å²) >= 11 is 0. The maximum Gasteiger partial charge on any atom is 0.410 e. The van der Waals surface area contributed by atoms with E-state index < -0.39 is 11.9 Å². The van der Waals surface area contributed by atoms with Gasteiger partial charge >= 0.3 is 6.09 Å². The molecular weight excluding hydrogens is 331 g/mol. The zero-order chi connectivity index (χ0) is 17.6. The van der Waals surface area contributed by atoms with Gasteiger partial charge in [0.15, 0.2) is 0 Å². The number of rotatable bonds is 2. The smallest absolute Gasteiger partial charge is 0.410 e. The largest absolute Gasteiger partial charge is 0.448 e. The van der Waals surface area contributed by atoms with Crippen LogP contribution in [-0.4, -0.2) is 57.4 Å². The lowest BCUT2D eigenvalue weighted by Gasteiger charge is -2.29. The predicted molar refractivity (Wildman–Crippen MR) is 83.5 cm³/mol. The number of hydrogen-bond donors (Lipinski definition) is 0. The Morgan fingerprint density at radius 3 is 2.88 bits per heavy atom. The highest BCUT2D eigenvalue weighted by Gasteiger charge is 2.29. The van der Waals surface area contributed by atoms with Gasteiger partial charge in [-0.15, -0.1) is 0 Å². The molecule has 0 radical (unpaired) electrons. The van der Waals surface area contributed by atoms with Gasteiger partial charge in [-0.25, -0.2) is 14.2 Å². The molecule has 1 saturated heterocycles. The van der Waals surface area contributed by atoms with Crippen LogP contribution in [0.2, 0.25) is 0 Å². The second-order valence-corrected chi connectivity index (χ2v) is 6.02. The van der Waals surface area contributed by atoms with E-state index in [2.05, 4.69) is 4.98 Å². The number of carbonyl (C=O) groups is 2. The van der Waals surface area contributed by atoms with E-state index >= 15 is 0 Å². The third kappa shape index (κ3) is 2.71. The highest BCUT2D eigenvalue weighted by Crippen LogP contribution is 2.16. The first-order chi connectivity index (χ1) is 12.0. The molecule has 0 N–H and O–H groups in total. The molecule has 0 unspecified atom stereocenters. The van der Waals surface area contributed by atoms with Gasteiger partial charge in [0.1, 0.15) is 24.6 Å². The second kappa shape index (κ2) is 5.83. The Balaban J connectivity index is 1.61. The lowest BCUT2D eigenvalue weighted by atomic mass is 10.1. The predicted octanol–water partition coefficient (Wildman–Crippen LogP) is 0.170. The number of cyclic esters (lactones) is 1. The molecule has 9 heteroatoms. The Labute approximate surface area is 141 Å². The van der Waals surface area contributed by atoms with Crippen LogP contribution in [-0.2, 0) is 22.5 Å².